The predicted octanol–water partition coefficient (Wildman–Crippen LogP) is 4.45. The lowest BCUT2D eigenvalue weighted by Crippen LogP contribution is -2.30. The second kappa shape index (κ2) is 7.52. The maximum atomic E-state index is 12.3. The molecule has 0 aliphatic rings. The third-order valence-corrected chi connectivity index (χ3v) is 3.67. The zero-order valence-corrected chi connectivity index (χ0v) is 14.0. The van der Waals surface area contributed by atoms with Gasteiger partial charge in [0.15, 0.2) is 0 Å². The van der Waals surface area contributed by atoms with Crippen LogP contribution in [0.3, 0.4) is 0 Å². The minimum Gasteiger partial charge on any atom is -0.491 e. The van der Waals surface area contributed by atoms with Crippen LogP contribution in [-0.4, -0.2) is 31.0 Å². The highest BCUT2D eigenvalue weighted by Crippen LogP contribution is 2.20. The molecule has 0 heterocycles. The quantitative estimate of drug-likeness (QED) is 0.806. The van der Waals surface area contributed by atoms with E-state index in [1.54, 1.807) is 30.1 Å². The molecule has 0 radical (unpaired) electrons. The normalized spacial score (nSPS) is 10.4. The van der Waals surface area contributed by atoms with Crippen molar-refractivity contribution in [1.29, 1.82) is 0 Å². The molecule has 3 nitrogen and oxygen atoms in total. The SMILES string of the molecule is Cc1ccccc1OCCN(C)C(=O)c1cc(Cl)cc(Cl)c1. The Morgan fingerprint density at radius 3 is 2.41 bits per heavy atom. The number of halogens is 2. The average molecular weight is 338 g/mol. The maximum Gasteiger partial charge on any atom is 0.253 e. The first-order valence-corrected chi connectivity index (χ1v) is 7.63. The van der Waals surface area contributed by atoms with Crippen LogP contribution >= 0.6 is 23.2 Å². The fraction of sp³-hybridized carbons (Fsp3) is 0.235. The fourth-order valence-electron chi connectivity index (χ4n) is 2.01. The largest absolute Gasteiger partial charge is 0.491 e. The van der Waals surface area contributed by atoms with Crippen LogP contribution in [0.15, 0.2) is 42.5 Å². The summed E-state index contributed by atoms with van der Waals surface area (Å²) in [5, 5.41) is 0.890. The van der Waals surface area contributed by atoms with E-state index in [-0.39, 0.29) is 5.91 Å². The van der Waals surface area contributed by atoms with Crippen molar-refractivity contribution in [1.82, 2.24) is 4.90 Å². The van der Waals surface area contributed by atoms with E-state index < -0.39 is 0 Å². The lowest BCUT2D eigenvalue weighted by atomic mass is 10.2. The van der Waals surface area contributed by atoms with Crippen LogP contribution in [0.25, 0.3) is 0 Å². The van der Waals surface area contributed by atoms with E-state index in [1.165, 1.54) is 0 Å². The number of benzene rings is 2. The zero-order chi connectivity index (χ0) is 16.1. The third kappa shape index (κ3) is 4.39. The number of likely N-dealkylation sites (N-methyl/N-ethyl adjacent to an activating group) is 1. The van der Waals surface area contributed by atoms with E-state index in [9.17, 15) is 4.79 Å². The molecule has 0 saturated carbocycles. The molecule has 0 bridgehead atoms. The van der Waals surface area contributed by atoms with Crippen LogP contribution in [-0.2, 0) is 0 Å². The molecular weight excluding hydrogens is 321 g/mol. The molecule has 0 N–H and O–H groups in total. The van der Waals surface area contributed by atoms with Crippen molar-refractivity contribution in [2.24, 2.45) is 0 Å². The molecule has 0 aliphatic heterocycles. The third-order valence-electron chi connectivity index (χ3n) is 3.23. The number of amides is 1. The Morgan fingerprint density at radius 2 is 1.77 bits per heavy atom. The van der Waals surface area contributed by atoms with Gasteiger partial charge in [-0.3, -0.25) is 4.79 Å². The zero-order valence-electron chi connectivity index (χ0n) is 12.5. The molecule has 1 amide bonds. The molecule has 2 rings (SSSR count). The average Bonchev–Trinajstić information content (AvgIpc) is 2.47. The van der Waals surface area contributed by atoms with Crippen molar-refractivity contribution in [3.8, 4) is 5.75 Å². The van der Waals surface area contributed by atoms with Crippen molar-refractivity contribution < 1.29 is 9.53 Å². The van der Waals surface area contributed by atoms with Crippen molar-refractivity contribution in [3.63, 3.8) is 0 Å². The number of carbonyl (C=O) groups excluding carboxylic acids is 1. The van der Waals surface area contributed by atoms with Gasteiger partial charge in [-0.25, -0.2) is 0 Å². The number of nitrogens with zero attached hydrogens (tertiary/aromatic N) is 1. The van der Waals surface area contributed by atoms with E-state index in [0.717, 1.165) is 11.3 Å². The first-order valence-electron chi connectivity index (χ1n) is 6.87. The van der Waals surface area contributed by atoms with Crippen LogP contribution in [0.2, 0.25) is 10.0 Å². The summed E-state index contributed by atoms with van der Waals surface area (Å²) < 4.78 is 5.69. The van der Waals surface area contributed by atoms with Gasteiger partial charge in [0, 0.05) is 22.7 Å². The summed E-state index contributed by atoms with van der Waals surface area (Å²) in [7, 11) is 1.72. The number of ether oxygens (including phenoxy) is 1. The van der Waals surface area contributed by atoms with Crippen molar-refractivity contribution in [2.75, 3.05) is 20.2 Å². The summed E-state index contributed by atoms with van der Waals surface area (Å²) in [5.74, 6) is 0.687. The van der Waals surface area contributed by atoms with Gasteiger partial charge in [-0.05, 0) is 36.8 Å². The monoisotopic (exact) mass is 337 g/mol. The van der Waals surface area contributed by atoms with Gasteiger partial charge in [0.2, 0.25) is 0 Å². The summed E-state index contributed by atoms with van der Waals surface area (Å²) in [4.78, 5) is 13.9. The van der Waals surface area contributed by atoms with Gasteiger partial charge in [-0.1, -0.05) is 41.4 Å². The molecular formula is C17H17Cl2NO2. The van der Waals surface area contributed by atoms with Crippen molar-refractivity contribution >= 4 is 29.1 Å². The predicted molar refractivity (Wildman–Crippen MR) is 90.1 cm³/mol. The highest BCUT2D eigenvalue weighted by molar-refractivity contribution is 6.35. The molecule has 0 fully saturated rings. The van der Waals surface area contributed by atoms with Gasteiger partial charge in [-0.2, -0.15) is 0 Å². The Hall–Kier alpha value is -1.71. The van der Waals surface area contributed by atoms with E-state index >= 15 is 0 Å². The maximum absolute atomic E-state index is 12.3. The van der Waals surface area contributed by atoms with Gasteiger partial charge in [-0.15, -0.1) is 0 Å². The lowest BCUT2D eigenvalue weighted by molar-refractivity contribution is 0.0773. The summed E-state index contributed by atoms with van der Waals surface area (Å²) in [6.45, 7) is 2.87. The molecule has 5 heteroatoms. The standard InChI is InChI=1S/C17H17Cl2NO2/c1-12-5-3-4-6-16(12)22-8-7-20(2)17(21)13-9-14(18)11-15(19)10-13/h3-6,9-11H,7-8H2,1-2H3. The second-order valence-electron chi connectivity index (χ2n) is 5.00. The summed E-state index contributed by atoms with van der Waals surface area (Å²) in [5.41, 5.74) is 1.54. The van der Waals surface area contributed by atoms with E-state index in [0.29, 0.717) is 28.8 Å². The van der Waals surface area contributed by atoms with Crippen LogP contribution in [0, 0.1) is 6.92 Å². The number of hydrogen-bond acceptors (Lipinski definition) is 2. The second-order valence-corrected chi connectivity index (χ2v) is 5.87. The van der Waals surface area contributed by atoms with Crippen molar-refractivity contribution in [2.45, 2.75) is 6.92 Å². The number of aryl methyl sites for hydroxylation is 1. The first kappa shape index (κ1) is 16.7. The smallest absolute Gasteiger partial charge is 0.253 e. The molecule has 0 atom stereocenters. The summed E-state index contributed by atoms with van der Waals surface area (Å²) in [6, 6.07) is 12.6. The molecule has 0 aliphatic carbocycles. The van der Waals surface area contributed by atoms with Crippen LogP contribution in [0.1, 0.15) is 15.9 Å². The first-order chi connectivity index (χ1) is 10.5. The van der Waals surface area contributed by atoms with Crippen LogP contribution in [0.5, 0.6) is 5.75 Å². The Balaban J connectivity index is 1.93. The Bertz CT molecular complexity index is 653. The molecule has 0 aromatic heterocycles. The number of para-hydroxylation sites is 1. The van der Waals surface area contributed by atoms with E-state index in [1.807, 2.05) is 31.2 Å². The van der Waals surface area contributed by atoms with Crippen LogP contribution in [0.4, 0.5) is 0 Å². The van der Waals surface area contributed by atoms with Gasteiger partial charge < -0.3 is 9.64 Å². The Morgan fingerprint density at radius 1 is 1.14 bits per heavy atom. The highest BCUT2D eigenvalue weighted by Gasteiger charge is 2.13. The molecule has 2 aromatic rings. The Kier molecular flexibility index (Phi) is 5.69. The molecule has 0 saturated heterocycles. The van der Waals surface area contributed by atoms with Gasteiger partial charge >= 0.3 is 0 Å². The number of carbonyl (C=O) groups is 1. The summed E-state index contributed by atoms with van der Waals surface area (Å²) in [6.07, 6.45) is 0. The minimum absolute atomic E-state index is 0.141. The van der Waals surface area contributed by atoms with Crippen LogP contribution < -0.4 is 4.74 Å². The van der Waals surface area contributed by atoms with Gasteiger partial charge in [0.25, 0.3) is 5.91 Å². The Labute approximate surface area is 140 Å². The summed E-state index contributed by atoms with van der Waals surface area (Å²) >= 11 is 11.8. The number of rotatable bonds is 5. The van der Waals surface area contributed by atoms with E-state index in [4.69, 9.17) is 27.9 Å². The van der Waals surface area contributed by atoms with E-state index in [2.05, 4.69) is 0 Å². The van der Waals surface area contributed by atoms with Crippen molar-refractivity contribution in [3.05, 3.63) is 63.6 Å². The molecule has 116 valence electrons. The van der Waals surface area contributed by atoms with Gasteiger partial charge in [0.05, 0.1) is 6.54 Å². The topological polar surface area (TPSA) is 29.5 Å². The number of hydrogen-bond donors (Lipinski definition) is 0. The van der Waals surface area contributed by atoms with Gasteiger partial charge in [0.1, 0.15) is 12.4 Å². The molecule has 0 spiro atoms. The lowest BCUT2D eigenvalue weighted by Gasteiger charge is -2.18. The molecule has 2 aromatic carbocycles. The fourth-order valence-corrected chi connectivity index (χ4v) is 2.54. The molecule has 0 unspecified atom stereocenters. The highest BCUT2D eigenvalue weighted by atomic mass is 35.5. The molecule has 22 heavy (non-hydrogen) atoms. The minimum atomic E-state index is -0.141.